The van der Waals surface area contributed by atoms with Gasteiger partial charge in [-0.3, -0.25) is 4.79 Å². The second-order valence-corrected chi connectivity index (χ2v) is 5.55. The first-order valence-corrected chi connectivity index (χ1v) is 6.77. The Kier molecular flexibility index (Phi) is 5.63. The summed E-state index contributed by atoms with van der Waals surface area (Å²) in [5.74, 6) is -1.65. The van der Waals surface area contributed by atoms with Crippen molar-refractivity contribution in [1.82, 2.24) is 0 Å². The van der Waals surface area contributed by atoms with E-state index in [1.54, 1.807) is 0 Å². The monoisotopic (exact) mass is 303 g/mol. The fourth-order valence-electron chi connectivity index (χ4n) is 2.11. The van der Waals surface area contributed by atoms with Gasteiger partial charge in [-0.1, -0.05) is 32.9 Å². The van der Waals surface area contributed by atoms with Gasteiger partial charge < -0.3 is 10.0 Å². The number of anilines is 1. The maximum Gasteiger partial charge on any atom is 0.418 e. The minimum absolute atomic E-state index is 0.0341. The fourth-order valence-corrected chi connectivity index (χ4v) is 2.11. The average Bonchev–Trinajstić information content (AvgIpc) is 2.36. The molecule has 1 unspecified atom stereocenters. The number of carboxylic acid groups (broad SMARTS) is 1. The minimum Gasteiger partial charge on any atom is -0.481 e. The standard InChI is InChI=1S/C15H20F3NO2/c1-10(2)8-19(9-11(3)14(20)21)13-7-5-4-6-12(13)15(16,17)18/h4-7,10-11H,8-9H2,1-3H3,(H,20,21). The Labute approximate surface area is 122 Å². The Bertz CT molecular complexity index is 486. The number of benzene rings is 1. The molecule has 0 saturated heterocycles. The lowest BCUT2D eigenvalue weighted by atomic mass is 10.1. The second-order valence-electron chi connectivity index (χ2n) is 5.55. The molecule has 0 spiro atoms. The Morgan fingerprint density at radius 2 is 1.76 bits per heavy atom. The molecule has 21 heavy (non-hydrogen) atoms. The number of hydrogen-bond acceptors (Lipinski definition) is 2. The summed E-state index contributed by atoms with van der Waals surface area (Å²) >= 11 is 0. The van der Waals surface area contributed by atoms with Crippen LogP contribution in [0.25, 0.3) is 0 Å². The molecule has 0 amide bonds. The van der Waals surface area contributed by atoms with Crippen molar-refractivity contribution in [2.45, 2.75) is 26.9 Å². The van der Waals surface area contributed by atoms with E-state index in [4.69, 9.17) is 5.11 Å². The van der Waals surface area contributed by atoms with Gasteiger partial charge in [-0.2, -0.15) is 13.2 Å². The number of aliphatic carboxylic acids is 1. The normalized spacial score (nSPS) is 13.3. The van der Waals surface area contributed by atoms with Crippen molar-refractivity contribution >= 4 is 11.7 Å². The van der Waals surface area contributed by atoms with Crippen molar-refractivity contribution < 1.29 is 23.1 Å². The molecule has 1 aromatic rings. The van der Waals surface area contributed by atoms with Crippen molar-refractivity contribution in [1.29, 1.82) is 0 Å². The quantitative estimate of drug-likeness (QED) is 0.866. The second kappa shape index (κ2) is 6.83. The lowest BCUT2D eigenvalue weighted by Crippen LogP contribution is -2.35. The van der Waals surface area contributed by atoms with Gasteiger partial charge in [0.1, 0.15) is 0 Å². The van der Waals surface area contributed by atoms with Crippen molar-refractivity contribution in [3.63, 3.8) is 0 Å². The molecule has 1 aromatic carbocycles. The first kappa shape index (κ1) is 17.3. The molecule has 0 aliphatic carbocycles. The molecular weight excluding hydrogens is 283 g/mol. The third-order valence-electron chi connectivity index (χ3n) is 3.05. The van der Waals surface area contributed by atoms with Crippen LogP contribution >= 0.6 is 0 Å². The van der Waals surface area contributed by atoms with Crippen LogP contribution < -0.4 is 4.90 Å². The molecule has 0 heterocycles. The van der Waals surface area contributed by atoms with Gasteiger partial charge in [-0.25, -0.2) is 0 Å². The summed E-state index contributed by atoms with van der Waals surface area (Å²) in [7, 11) is 0. The minimum atomic E-state index is -4.46. The number of hydrogen-bond donors (Lipinski definition) is 1. The SMILES string of the molecule is CC(C)CN(CC(C)C(=O)O)c1ccccc1C(F)(F)F. The molecule has 0 fully saturated rings. The highest BCUT2D eigenvalue weighted by atomic mass is 19.4. The highest BCUT2D eigenvalue weighted by Gasteiger charge is 2.35. The first-order chi connectivity index (χ1) is 9.62. The maximum absolute atomic E-state index is 13.1. The van der Waals surface area contributed by atoms with Gasteiger partial charge in [-0.05, 0) is 18.1 Å². The Hall–Kier alpha value is -1.72. The zero-order valence-corrected chi connectivity index (χ0v) is 12.3. The van der Waals surface area contributed by atoms with Crippen LogP contribution in [0.1, 0.15) is 26.3 Å². The third-order valence-corrected chi connectivity index (χ3v) is 3.05. The summed E-state index contributed by atoms with van der Waals surface area (Å²) in [4.78, 5) is 12.5. The molecule has 0 saturated carbocycles. The lowest BCUT2D eigenvalue weighted by Gasteiger charge is -2.30. The molecule has 1 N–H and O–H groups in total. The van der Waals surface area contributed by atoms with Crippen LogP contribution in [0, 0.1) is 11.8 Å². The predicted octanol–water partition coefficient (Wildman–Crippen LogP) is 3.89. The summed E-state index contributed by atoms with van der Waals surface area (Å²) in [6, 6.07) is 5.28. The Morgan fingerprint density at radius 3 is 2.24 bits per heavy atom. The van der Waals surface area contributed by atoms with Crippen LogP contribution in [0.2, 0.25) is 0 Å². The largest absolute Gasteiger partial charge is 0.481 e. The fraction of sp³-hybridized carbons (Fsp3) is 0.533. The average molecular weight is 303 g/mol. The van der Waals surface area contributed by atoms with E-state index in [1.165, 1.54) is 30.0 Å². The van der Waals surface area contributed by atoms with E-state index < -0.39 is 23.6 Å². The molecule has 0 aromatic heterocycles. The van der Waals surface area contributed by atoms with Gasteiger partial charge >= 0.3 is 12.1 Å². The van der Waals surface area contributed by atoms with Crippen LogP contribution in [0.4, 0.5) is 18.9 Å². The number of alkyl halides is 3. The Balaban J connectivity index is 3.17. The third kappa shape index (κ3) is 4.95. The number of carbonyl (C=O) groups is 1. The summed E-state index contributed by atoms with van der Waals surface area (Å²) in [6.07, 6.45) is -4.46. The van der Waals surface area contributed by atoms with Gasteiger partial charge in [0.05, 0.1) is 11.5 Å². The number of carboxylic acids is 1. The summed E-state index contributed by atoms with van der Waals surface area (Å²) in [6.45, 7) is 5.67. The molecule has 1 atom stereocenters. The van der Waals surface area contributed by atoms with E-state index in [1.807, 2.05) is 13.8 Å². The van der Waals surface area contributed by atoms with Gasteiger partial charge in [0.15, 0.2) is 0 Å². The first-order valence-electron chi connectivity index (χ1n) is 6.77. The Morgan fingerprint density at radius 1 is 1.19 bits per heavy atom. The van der Waals surface area contributed by atoms with Crippen molar-refractivity contribution in [3.05, 3.63) is 29.8 Å². The summed E-state index contributed by atoms with van der Waals surface area (Å²) in [5, 5.41) is 8.99. The molecule has 118 valence electrons. The van der Waals surface area contributed by atoms with Crippen LogP contribution in [0.5, 0.6) is 0 Å². The summed E-state index contributed by atoms with van der Waals surface area (Å²) in [5.41, 5.74) is -0.699. The highest BCUT2D eigenvalue weighted by molar-refractivity contribution is 5.70. The zero-order chi connectivity index (χ0) is 16.2. The number of rotatable bonds is 6. The molecule has 0 aliphatic rings. The number of para-hydroxylation sites is 1. The molecular formula is C15H20F3NO2. The van der Waals surface area contributed by atoms with Gasteiger partial charge in [0, 0.05) is 18.8 Å². The van der Waals surface area contributed by atoms with E-state index in [0.29, 0.717) is 6.54 Å². The molecule has 6 heteroatoms. The van der Waals surface area contributed by atoms with E-state index in [9.17, 15) is 18.0 Å². The number of halogens is 3. The van der Waals surface area contributed by atoms with E-state index >= 15 is 0 Å². The van der Waals surface area contributed by atoms with E-state index in [0.717, 1.165) is 6.07 Å². The zero-order valence-electron chi connectivity index (χ0n) is 12.3. The van der Waals surface area contributed by atoms with Crippen LogP contribution in [0.15, 0.2) is 24.3 Å². The van der Waals surface area contributed by atoms with Gasteiger partial charge in [-0.15, -0.1) is 0 Å². The molecule has 3 nitrogen and oxygen atoms in total. The molecule has 1 rings (SSSR count). The highest BCUT2D eigenvalue weighted by Crippen LogP contribution is 2.36. The molecule has 0 aliphatic heterocycles. The van der Waals surface area contributed by atoms with Gasteiger partial charge in [0.2, 0.25) is 0 Å². The maximum atomic E-state index is 13.1. The van der Waals surface area contributed by atoms with Crippen LogP contribution in [-0.2, 0) is 11.0 Å². The topological polar surface area (TPSA) is 40.5 Å². The summed E-state index contributed by atoms with van der Waals surface area (Å²) < 4.78 is 39.3. The number of nitrogens with zero attached hydrogens (tertiary/aromatic N) is 1. The molecule has 0 radical (unpaired) electrons. The van der Waals surface area contributed by atoms with Crippen molar-refractivity contribution in [3.8, 4) is 0 Å². The predicted molar refractivity (Wildman–Crippen MR) is 75.3 cm³/mol. The van der Waals surface area contributed by atoms with Crippen molar-refractivity contribution in [2.24, 2.45) is 11.8 Å². The van der Waals surface area contributed by atoms with E-state index in [2.05, 4.69) is 0 Å². The van der Waals surface area contributed by atoms with Crippen LogP contribution in [-0.4, -0.2) is 24.2 Å². The molecule has 0 bridgehead atoms. The van der Waals surface area contributed by atoms with Crippen LogP contribution in [0.3, 0.4) is 0 Å². The van der Waals surface area contributed by atoms with E-state index in [-0.39, 0.29) is 18.2 Å². The van der Waals surface area contributed by atoms with Crippen molar-refractivity contribution in [2.75, 3.05) is 18.0 Å². The van der Waals surface area contributed by atoms with Gasteiger partial charge in [0.25, 0.3) is 0 Å². The smallest absolute Gasteiger partial charge is 0.418 e. The lowest BCUT2D eigenvalue weighted by molar-refractivity contribution is -0.140.